The molecule has 0 nitrogen and oxygen atoms in total. The second-order valence-electron chi connectivity index (χ2n) is 4.94. The molecule has 126 valence electrons. The molecule has 5 heteroatoms. The molecule has 2 saturated carbocycles. The summed E-state index contributed by atoms with van der Waals surface area (Å²) < 4.78 is 0. The summed E-state index contributed by atoms with van der Waals surface area (Å²) in [5.74, 6) is 1.89. The zero-order chi connectivity index (χ0) is 17.1. The van der Waals surface area contributed by atoms with Gasteiger partial charge in [-0.2, -0.15) is 11.5 Å². The molecule has 0 aromatic heterocycles. The SMILES string of the molecule is CP(C)CC[S-].CP(C)CC[S-].[CH]1[CH][CH][CH][CH]1.[CH]1[CH][CH][CH][CH]1.[Ti+4]. The van der Waals surface area contributed by atoms with Gasteiger partial charge in [-0.3, -0.25) is 0 Å². The van der Waals surface area contributed by atoms with Gasteiger partial charge in [0.05, 0.1) is 0 Å². The van der Waals surface area contributed by atoms with Gasteiger partial charge in [0.15, 0.2) is 0 Å². The Balaban J connectivity index is -0.000000229. The number of hydrogen-bond donors (Lipinski definition) is 0. The Morgan fingerprint density at radius 3 is 0.739 bits per heavy atom. The van der Waals surface area contributed by atoms with Crippen LogP contribution >= 0.6 is 15.8 Å². The van der Waals surface area contributed by atoms with Gasteiger partial charge in [0.25, 0.3) is 0 Å². The van der Waals surface area contributed by atoms with Crippen molar-refractivity contribution < 1.29 is 21.7 Å². The first-order valence-electron chi connectivity index (χ1n) is 7.33. The van der Waals surface area contributed by atoms with Gasteiger partial charge >= 0.3 is 21.7 Å². The van der Waals surface area contributed by atoms with Crippen LogP contribution in [0.1, 0.15) is 0 Å². The van der Waals surface area contributed by atoms with Crippen LogP contribution in [0.2, 0.25) is 0 Å². The minimum atomic E-state index is 0. The van der Waals surface area contributed by atoms with Crippen molar-refractivity contribution in [2.75, 3.05) is 50.5 Å². The Hall–Kier alpha value is 2.27. The minimum absolute atomic E-state index is 0. The molecule has 0 aromatic rings. The zero-order valence-electron chi connectivity index (χ0n) is 14.8. The summed E-state index contributed by atoms with van der Waals surface area (Å²) in [6.07, 6.45) is 22.5. The molecule has 0 bridgehead atoms. The standard InChI is InChI=1S/2C5H5.2C4H11PS.Ti/c2*1-2-4-5-3-1;2*1-5(2)3-4-6;/h2*1-5H;2*6H,3-4H2,1-2H3;/q;;;;+4/p-2. The molecule has 0 saturated heterocycles. The Labute approximate surface area is 176 Å². The quantitative estimate of drug-likeness (QED) is 0.371. The largest absolute Gasteiger partial charge is 4.00 e. The van der Waals surface area contributed by atoms with Gasteiger partial charge in [-0.05, 0) is 90.9 Å². The van der Waals surface area contributed by atoms with E-state index in [-0.39, 0.29) is 21.7 Å². The third-order valence-electron chi connectivity index (χ3n) is 2.19. The summed E-state index contributed by atoms with van der Waals surface area (Å²) in [4.78, 5) is 0. The van der Waals surface area contributed by atoms with E-state index in [1.54, 1.807) is 0 Å². The van der Waals surface area contributed by atoms with E-state index in [0.717, 1.165) is 11.5 Å². The Kier molecular flexibility index (Phi) is 34.6. The molecule has 0 unspecified atom stereocenters. The fraction of sp³-hybridized carbons (Fsp3) is 0.444. The topological polar surface area (TPSA) is 0 Å². The second kappa shape index (κ2) is 26.5. The van der Waals surface area contributed by atoms with Crippen LogP contribution in [-0.4, -0.2) is 50.5 Å². The monoisotopic (exact) mass is 420 g/mol. The first-order chi connectivity index (χ1) is 10.5. The van der Waals surface area contributed by atoms with Crippen LogP contribution < -0.4 is 0 Å². The normalized spacial score (nSPS) is 15.7. The van der Waals surface area contributed by atoms with Crippen LogP contribution in [0.5, 0.6) is 0 Å². The second-order valence-corrected chi connectivity index (χ2v) is 11.0. The molecular formula is C18H30P2S2Ti+2. The molecule has 10 radical (unpaired) electrons. The predicted molar refractivity (Wildman–Crippen MR) is 115 cm³/mol. The molecule has 2 aliphatic carbocycles. The summed E-state index contributed by atoms with van der Waals surface area (Å²) >= 11 is 9.49. The van der Waals surface area contributed by atoms with Crippen LogP contribution in [0, 0.1) is 64.2 Å². The fourth-order valence-corrected chi connectivity index (χ4v) is 3.93. The van der Waals surface area contributed by atoms with Crippen LogP contribution in [0.25, 0.3) is 0 Å². The summed E-state index contributed by atoms with van der Waals surface area (Å²) in [7, 11) is 0.591. The molecule has 0 amide bonds. The van der Waals surface area contributed by atoms with Crippen molar-refractivity contribution >= 4 is 41.1 Å². The molecule has 2 aliphatic rings. The number of hydrogen-bond acceptors (Lipinski definition) is 2. The van der Waals surface area contributed by atoms with Crippen molar-refractivity contribution in [2.45, 2.75) is 0 Å². The average Bonchev–Trinajstić information content (AvgIpc) is 3.19. The molecule has 0 aliphatic heterocycles. The van der Waals surface area contributed by atoms with Crippen molar-refractivity contribution in [2.24, 2.45) is 0 Å². The average molecular weight is 420 g/mol. The van der Waals surface area contributed by atoms with Crippen LogP contribution in [0.15, 0.2) is 0 Å². The van der Waals surface area contributed by atoms with E-state index in [1.807, 2.05) is 64.2 Å². The maximum absolute atomic E-state index is 4.74. The molecule has 0 heterocycles. The van der Waals surface area contributed by atoms with E-state index >= 15 is 0 Å². The van der Waals surface area contributed by atoms with E-state index in [9.17, 15) is 0 Å². The first-order valence-corrected chi connectivity index (χ1v) is 13.3. The van der Waals surface area contributed by atoms with Crippen molar-refractivity contribution in [3.63, 3.8) is 0 Å². The maximum atomic E-state index is 4.74. The molecule has 23 heavy (non-hydrogen) atoms. The van der Waals surface area contributed by atoms with E-state index in [1.165, 1.54) is 12.3 Å². The van der Waals surface area contributed by atoms with E-state index in [0.29, 0.717) is 15.8 Å². The third-order valence-corrected chi connectivity index (χ3v) is 5.44. The predicted octanol–water partition coefficient (Wildman–Crippen LogP) is 4.59. The molecule has 2 fully saturated rings. The van der Waals surface area contributed by atoms with Crippen molar-refractivity contribution in [3.05, 3.63) is 64.2 Å². The zero-order valence-corrected chi connectivity index (χ0v) is 19.8. The summed E-state index contributed by atoms with van der Waals surface area (Å²) in [5.41, 5.74) is 0. The van der Waals surface area contributed by atoms with Gasteiger partial charge in [-0.15, -0.1) is 15.8 Å². The van der Waals surface area contributed by atoms with Gasteiger partial charge in [0.1, 0.15) is 0 Å². The Morgan fingerprint density at radius 2 is 0.696 bits per heavy atom. The Morgan fingerprint density at radius 1 is 0.522 bits per heavy atom. The van der Waals surface area contributed by atoms with Crippen LogP contribution in [0.4, 0.5) is 0 Å². The first kappa shape index (κ1) is 30.0. The fourth-order valence-electron chi connectivity index (χ4n) is 1.01. The van der Waals surface area contributed by atoms with Crippen molar-refractivity contribution in [1.29, 1.82) is 0 Å². The van der Waals surface area contributed by atoms with Gasteiger partial charge in [-0.1, -0.05) is 12.3 Å². The molecule has 0 spiro atoms. The van der Waals surface area contributed by atoms with E-state index in [2.05, 4.69) is 26.7 Å². The van der Waals surface area contributed by atoms with Crippen LogP contribution in [0.3, 0.4) is 0 Å². The van der Waals surface area contributed by atoms with Crippen LogP contribution in [-0.2, 0) is 47.0 Å². The van der Waals surface area contributed by atoms with Gasteiger partial charge in [0.2, 0.25) is 0 Å². The summed E-state index contributed by atoms with van der Waals surface area (Å²) in [5, 5.41) is 0. The summed E-state index contributed by atoms with van der Waals surface area (Å²) in [6, 6.07) is 0. The third kappa shape index (κ3) is 36.1. The Bertz CT molecular complexity index is 151. The minimum Gasteiger partial charge on any atom is -0.792 e. The molecule has 0 aromatic carbocycles. The van der Waals surface area contributed by atoms with E-state index < -0.39 is 0 Å². The summed E-state index contributed by atoms with van der Waals surface area (Å²) in [6.45, 7) is 9.01. The van der Waals surface area contributed by atoms with Crippen molar-refractivity contribution in [1.82, 2.24) is 0 Å². The van der Waals surface area contributed by atoms with Gasteiger partial charge < -0.3 is 25.3 Å². The van der Waals surface area contributed by atoms with Crippen molar-refractivity contribution in [3.8, 4) is 0 Å². The van der Waals surface area contributed by atoms with Gasteiger partial charge in [0, 0.05) is 0 Å². The van der Waals surface area contributed by atoms with E-state index in [4.69, 9.17) is 25.3 Å². The smallest absolute Gasteiger partial charge is 0.792 e. The molecule has 2 rings (SSSR count). The molecule has 0 atom stereocenters. The molecular weight excluding hydrogens is 390 g/mol. The maximum Gasteiger partial charge on any atom is 4.00 e. The molecule has 0 N–H and O–H groups in total. The van der Waals surface area contributed by atoms with Gasteiger partial charge in [-0.25, -0.2) is 0 Å². The number of rotatable bonds is 4.